The average molecular weight is 397 g/mol. The number of hydrogen-bond donors (Lipinski definition) is 0. The topological polar surface area (TPSA) is 51.0 Å². The third-order valence-electron chi connectivity index (χ3n) is 4.42. The Morgan fingerprint density at radius 1 is 1.11 bits per heavy atom. The molecule has 0 radical (unpaired) electrons. The van der Waals surface area contributed by atoms with Gasteiger partial charge < -0.3 is 9.47 Å². The van der Waals surface area contributed by atoms with E-state index < -0.39 is 0 Å². The molecule has 0 aliphatic carbocycles. The number of hydrogen-bond acceptors (Lipinski definition) is 5. The smallest absolute Gasteiger partial charge is 0.237 e. The normalized spacial score (nSPS) is 13.4. The molecule has 27 heavy (non-hydrogen) atoms. The predicted octanol–water partition coefficient (Wildman–Crippen LogP) is 4.20. The molecule has 1 amide bonds. The van der Waals surface area contributed by atoms with Crippen molar-refractivity contribution in [3.63, 3.8) is 0 Å². The highest BCUT2D eigenvalue weighted by molar-refractivity contribution is 8.00. The summed E-state index contributed by atoms with van der Waals surface area (Å²) in [7, 11) is 0. The quantitative estimate of drug-likeness (QED) is 0.605. The molecule has 5 nitrogen and oxygen atoms in total. The summed E-state index contributed by atoms with van der Waals surface area (Å²) >= 11 is 3.26. The Morgan fingerprint density at radius 2 is 1.89 bits per heavy atom. The van der Waals surface area contributed by atoms with Gasteiger partial charge in [-0.1, -0.05) is 54.2 Å². The monoisotopic (exact) mass is 396 g/mol. The van der Waals surface area contributed by atoms with Gasteiger partial charge in [0, 0.05) is 29.3 Å². The lowest BCUT2D eigenvalue weighted by Crippen LogP contribution is -2.36. The summed E-state index contributed by atoms with van der Waals surface area (Å²) in [4.78, 5) is 15.9. The second-order valence-corrected chi connectivity index (χ2v) is 8.15. The number of rotatable bonds is 5. The fourth-order valence-electron chi connectivity index (χ4n) is 3.11. The summed E-state index contributed by atoms with van der Waals surface area (Å²) in [5.41, 5.74) is 2.05. The van der Waals surface area contributed by atoms with Crippen LogP contribution in [0.25, 0.3) is 11.4 Å². The molecule has 0 unspecified atom stereocenters. The molecule has 4 rings (SSSR count). The van der Waals surface area contributed by atoms with E-state index in [4.69, 9.17) is 0 Å². The highest BCUT2D eigenvalue weighted by Gasteiger charge is 2.23. The van der Waals surface area contributed by atoms with Gasteiger partial charge in [-0.2, -0.15) is 0 Å². The number of fused-ring (bicyclic) bond motifs is 1. The van der Waals surface area contributed by atoms with Crippen LogP contribution in [-0.2, 0) is 11.3 Å². The molecule has 0 fully saturated rings. The number of para-hydroxylation sites is 1. The lowest BCUT2D eigenvalue weighted by Gasteiger charge is -2.28. The molecule has 0 saturated carbocycles. The number of thioether (sulfide) groups is 2. The van der Waals surface area contributed by atoms with Crippen molar-refractivity contribution in [2.75, 3.05) is 23.0 Å². The van der Waals surface area contributed by atoms with E-state index in [9.17, 15) is 4.79 Å². The number of benzene rings is 2. The predicted molar refractivity (Wildman–Crippen MR) is 111 cm³/mol. The van der Waals surface area contributed by atoms with Gasteiger partial charge in [0.25, 0.3) is 0 Å². The van der Waals surface area contributed by atoms with E-state index in [1.807, 2.05) is 53.4 Å². The highest BCUT2D eigenvalue weighted by atomic mass is 32.2. The fraction of sp³-hybridized carbons (Fsp3) is 0.250. The number of aromatic nitrogens is 3. The molecular formula is C20H20N4OS2. The zero-order valence-corrected chi connectivity index (χ0v) is 16.7. The first kappa shape index (κ1) is 18.1. The van der Waals surface area contributed by atoms with Crippen LogP contribution < -0.4 is 4.90 Å². The van der Waals surface area contributed by atoms with Crippen LogP contribution in [-0.4, -0.2) is 38.7 Å². The summed E-state index contributed by atoms with van der Waals surface area (Å²) in [5, 5.41) is 9.46. The van der Waals surface area contributed by atoms with E-state index in [1.54, 1.807) is 11.8 Å². The first-order valence-corrected chi connectivity index (χ1v) is 10.9. The molecular weight excluding hydrogens is 376 g/mol. The maximum atomic E-state index is 12.8. The Bertz CT molecular complexity index is 942. The van der Waals surface area contributed by atoms with Crippen molar-refractivity contribution in [1.29, 1.82) is 0 Å². The Balaban J connectivity index is 1.50. The molecule has 0 N–H and O–H groups in total. The molecule has 7 heteroatoms. The zero-order valence-electron chi connectivity index (χ0n) is 15.0. The Labute approximate surface area is 167 Å². The third kappa shape index (κ3) is 3.75. The van der Waals surface area contributed by atoms with Crippen LogP contribution >= 0.6 is 23.5 Å². The molecule has 1 aromatic heterocycles. The number of carbonyl (C=O) groups is 1. The molecule has 3 aromatic rings. The summed E-state index contributed by atoms with van der Waals surface area (Å²) in [5.74, 6) is 2.23. The van der Waals surface area contributed by atoms with E-state index in [-0.39, 0.29) is 5.91 Å². The van der Waals surface area contributed by atoms with Crippen molar-refractivity contribution in [2.45, 2.75) is 23.5 Å². The van der Waals surface area contributed by atoms with Crippen molar-refractivity contribution < 1.29 is 4.79 Å². The van der Waals surface area contributed by atoms with Gasteiger partial charge in [-0.05, 0) is 19.1 Å². The van der Waals surface area contributed by atoms with Crippen molar-refractivity contribution in [3.05, 3.63) is 54.6 Å². The zero-order chi connectivity index (χ0) is 18.6. The van der Waals surface area contributed by atoms with Gasteiger partial charge >= 0.3 is 0 Å². The maximum absolute atomic E-state index is 12.8. The molecule has 1 aliphatic rings. The van der Waals surface area contributed by atoms with Crippen LogP contribution in [0.1, 0.15) is 6.92 Å². The van der Waals surface area contributed by atoms with Crippen LogP contribution in [0.15, 0.2) is 64.6 Å². The SMILES string of the molecule is CCn1c(SCC(=O)N2CCSc3ccccc32)nnc1-c1ccccc1. The van der Waals surface area contributed by atoms with Gasteiger partial charge in [0.2, 0.25) is 5.91 Å². The molecule has 0 bridgehead atoms. The van der Waals surface area contributed by atoms with Crippen molar-refractivity contribution in [2.24, 2.45) is 0 Å². The molecule has 1 aliphatic heterocycles. The van der Waals surface area contributed by atoms with E-state index in [0.717, 1.165) is 41.1 Å². The fourth-order valence-corrected chi connectivity index (χ4v) is 4.99. The lowest BCUT2D eigenvalue weighted by atomic mass is 10.2. The van der Waals surface area contributed by atoms with Crippen LogP contribution in [0.4, 0.5) is 5.69 Å². The summed E-state index contributed by atoms with van der Waals surface area (Å²) < 4.78 is 2.06. The Kier molecular flexibility index (Phi) is 5.50. The van der Waals surface area contributed by atoms with Crippen LogP contribution in [0, 0.1) is 0 Å². The van der Waals surface area contributed by atoms with Crippen LogP contribution in [0.5, 0.6) is 0 Å². The molecule has 138 valence electrons. The largest absolute Gasteiger partial charge is 0.310 e. The molecule has 0 saturated heterocycles. The van der Waals surface area contributed by atoms with Crippen molar-refractivity contribution in [1.82, 2.24) is 14.8 Å². The maximum Gasteiger partial charge on any atom is 0.237 e. The Hall–Kier alpha value is -2.25. The van der Waals surface area contributed by atoms with Gasteiger partial charge in [-0.25, -0.2) is 0 Å². The second-order valence-electron chi connectivity index (χ2n) is 6.07. The van der Waals surface area contributed by atoms with Crippen molar-refractivity contribution in [3.8, 4) is 11.4 Å². The van der Waals surface area contributed by atoms with E-state index in [1.165, 1.54) is 16.7 Å². The number of amides is 1. The van der Waals surface area contributed by atoms with Gasteiger partial charge in [0.05, 0.1) is 11.4 Å². The molecule has 2 heterocycles. The van der Waals surface area contributed by atoms with Gasteiger partial charge in [0.15, 0.2) is 11.0 Å². The number of anilines is 1. The van der Waals surface area contributed by atoms with Gasteiger partial charge in [-0.15, -0.1) is 22.0 Å². The first-order chi connectivity index (χ1) is 13.3. The van der Waals surface area contributed by atoms with Gasteiger partial charge in [0.1, 0.15) is 0 Å². The van der Waals surface area contributed by atoms with E-state index in [0.29, 0.717) is 5.75 Å². The summed E-state index contributed by atoms with van der Waals surface area (Å²) in [6.45, 7) is 3.58. The highest BCUT2D eigenvalue weighted by Crippen LogP contribution is 2.35. The number of carbonyl (C=O) groups excluding carboxylic acids is 1. The van der Waals surface area contributed by atoms with E-state index in [2.05, 4.69) is 27.8 Å². The van der Waals surface area contributed by atoms with Crippen LogP contribution in [0.2, 0.25) is 0 Å². The first-order valence-electron chi connectivity index (χ1n) is 8.91. The lowest BCUT2D eigenvalue weighted by molar-refractivity contribution is -0.116. The third-order valence-corrected chi connectivity index (χ3v) is 6.41. The van der Waals surface area contributed by atoms with E-state index >= 15 is 0 Å². The average Bonchev–Trinajstić information content (AvgIpc) is 3.15. The Morgan fingerprint density at radius 3 is 2.70 bits per heavy atom. The molecule has 2 aromatic carbocycles. The van der Waals surface area contributed by atoms with Crippen LogP contribution in [0.3, 0.4) is 0 Å². The molecule has 0 spiro atoms. The van der Waals surface area contributed by atoms with Crippen molar-refractivity contribution >= 4 is 35.1 Å². The molecule has 0 atom stereocenters. The summed E-state index contributed by atoms with van der Waals surface area (Å²) in [6.07, 6.45) is 0. The van der Waals surface area contributed by atoms with Gasteiger partial charge in [-0.3, -0.25) is 4.79 Å². The minimum absolute atomic E-state index is 0.111. The number of nitrogens with zero attached hydrogens (tertiary/aromatic N) is 4. The second kappa shape index (κ2) is 8.19. The minimum Gasteiger partial charge on any atom is -0.310 e. The standard InChI is InChI=1S/C20H20N4OS2/c1-2-23-19(15-8-4-3-5-9-15)21-22-20(23)27-14-18(25)24-12-13-26-17-11-7-6-10-16(17)24/h3-11H,2,12-14H2,1H3. The summed E-state index contributed by atoms with van der Waals surface area (Å²) in [6, 6.07) is 18.1. The minimum atomic E-state index is 0.111.